The van der Waals surface area contributed by atoms with Crippen molar-refractivity contribution in [2.24, 2.45) is 0 Å². The van der Waals surface area contributed by atoms with E-state index < -0.39 is 0 Å². The second-order valence-corrected chi connectivity index (χ2v) is 6.91. The Morgan fingerprint density at radius 2 is 1.11 bits per heavy atom. The molecule has 0 saturated carbocycles. The monoisotopic (exact) mass is 278 g/mol. The van der Waals surface area contributed by atoms with Crippen molar-refractivity contribution in [3.8, 4) is 0 Å². The summed E-state index contributed by atoms with van der Waals surface area (Å²) in [5.74, 6) is -0.758. The number of carbonyl (C=O) groups is 2. The van der Waals surface area contributed by atoms with Gasteiger partial charge in [-0.3, -0.25) is 9.59 Å². The number of ketones is 2. The molecule has 0 bridgehead atoms. The van der Waals surface area contributed by atoms with Crippen LogP contribution in [0.5, 0.6) is 0 Å². The van der Waals surface area contributed by atoms with Crippen LogP contribution in [-0.4, -0.2) is 11.6 Å². The first-order valence-corrected chi connectivity index (χ1v) is 7.26. The average Bonchev–Trinajstić information content (AvgIpc) is 2.79. The summed E-state index contributed by atoms with van der Waals surface area (Å²) in [5, 5.41) is 0. The van der Waals surface area contributed by atoms with Crippen LogP contribution >= 0.6 is 22.7 Å². The maximum absolute atomic E-state index is 12.2. The molecule has 18 heavy (non-hydrogen) atoms. The smallest absolute Gasteiger partial charge is 0.244 e. The molecule has 2 aromatic heterocycles. The molecule has 0 saturated heterocycles. The standard InChI is InChI=1S/C14H14O2S2/c1-7-5-9(3)17-13(7)11(15)12(16)14-8(2)6-10(4)18-14/h5-6H,1-4H3. The van der Waals surface area contributed by atoms with Gasteiger partial charge in [0, 0.05) is 9.75 Å². The lowest BCUT2D eigenvalue weighted by Gasteiger charge is -1.98. The molecule has 2 heterocycles. The molecule has 0 atom stereocenters. The van der Waals surface area contributed by atoms with E-state index >= 15 is 0 Å². The molecule has 0 aromatic carbocycles. The van der Waals surface area contributed by atoms with Crippen molar-refractivity contribution < 1.29 is 9.59 Å². The maximum atomic E-state index is 12.2. The summed E-state index contributed by atoms with van der Waals surface area (Å²) in [6, 6.07) is 3.88. The summed E-state index contributed by atoms with van der Waals surface area (Å²) < 4.78 is 0. The molecule has 4 heteroatoms. The molecule has 0 radical (unpaired) electrons. The van der Waals surface area contributed by atoms with Crippen molar-refractivity contribution in [3.05, 3.63) is 42.8 Å². The number of Topliss-reactive ketones (excluding diaryl/α,β-unsaturated/α-hetero) is 2. The molecule has 0 unspecified atom stereocenters. The lowest BCUT2D eigenvalue weighted by molar-refractivity contribution is 0.0821. The van der Waals surface area contributed by atoms with E-state index in [0.717, 1.165) is 20.9 Å². The van der Waals surface area contributed by atoms with Crippen LogP contribution in [0.2, 0.25) is 0 Å². The number of rotatable bonds is 3. The van der Waals surface area contributed by atoms with Crippen LogP contribution in [0.15, 0.2) is 12.1 Å². The van der Waals surface area contributed by atoms with Crippen LogP contribution < -0.4 is 0 Å². The Labute approximate surface area is 114 Å². The van der Waals surface area contributed by atoms with Gasteiger partial charge in [0.15, 0.2) is 0 Å². The summed E-state index contributed by atoms with van der Waals surface area (Å²) in [6.45, 7) is 7.63. The van der Waals surface area contributed by atoms with E-state index in [1.807, 2.05) is 39.8 Å². The third-order valence-corrected chi connectivity index (χ3v) is 5.00. The van der Waals surface area contributed by atoms with E-state index in [-0.39, 0.29) is 11.6 Å². The van der Waals surface area contributed by atoms with Crippen LogP contribution in [0.1, 0.15) is 40.2 Å². The van der Waals surface area contributed by atoms with Gasteiger partial charge in [-0.15, -0.1) is 22.7 Å². The SMILES string of the molecule is Cc1cc(C)c(C(=O)C(=O)c2sc(C)cc2C)s1. The van der Waals surface area contributed by atoms with Gasteiger partial charge in [0.1, 0.15) is 0 Å². The molecule has 2 nitrogen and oxygen atoms in total. The first kappa shape index (κ1) is 13.2. The van der Waals surface area contributed by atoms with Gasteiger partial charge in [-0.25, -0.2) is 0 Å². The Bertz CT molecular complexity index is 576. The molecular formula is C14H14O2S2. The van der Waals surface area contributed by atoms with Crippen molar-refractivity contribution in [2.75, 3.05) is 0 Å². The first-order chi connectivity index (χ1) is 8.40. The minimum absolute atomic E-state index is 0.379. The van der Waals surface area contributed by atoms with Gasteiger partial charge >= 0.3 is 0 Å². The van der Waals surface area contributed by atoms with Crippen LogP contribution in [-0.2, 0) is 0 Å². The summed E-state index contributed by atoms with van der Waals surface area (Å²) in [6.07, 6.45) is 0. The highest BCUT2D eigenvalue weighted by molar-refractivity contribution is 7.17. The summed E-state index contributed by atoms with van der Waals surface area (Å²) in [4.78, 5) is 27.7. The van der Waals surface area contributed by atoms with Gasteiger partial charge in [0.2, 0.25) is 11.6 Å². The van der Waals surface area contributed by atoms with E-state index in [1.165, 1.54) is 22.7 Å². The summed E-state index contributed by atoms with van der Waals surface area (Å²) in [7, 11) is 0. The molecule has 0 fully saturated rings. The number of hydrogen-bond donors (Lipinski definition) is 0. The van der Waals surface area contributed by atoms with Crippen molar-refractivity contribution >= 4 is 34.2 Å². The molecule has 94 valence electrons. The van der Waals surface area contributed by atoms with Gasteiger partial charge in [-0.2, -0.15) is 0 Å². The lowest BCUT2D eigenvalue weighted by atomic mass is 10.1. The van der Waals surface area contributed by atoms with Crippen LogP contribution in [0, 0.1) is 27.7 Å². The van der Waals surface area contributed by atoms with Gasteiger partial charge in [-0.1, -0.05) is 0 Å². The van der Waals surface area contributed by atoms with E-state index in [2.05, 4.69) is 0 Å². The van der Waals surface area contributed by atoms with Crippen LogP contribution in [0.25, 0.3) is 0 Å². The van der Waals surface area contributed by atoms with Gasteiger partial charge in [0.25, 0.3) is 0 Å². The second kappa shape index (κ2) is 4.78. The quantitative estimate of drug-likeness (QED) is 0.625. The van der Waals surface area contributed by atoms with E-state index in [9.17, 15) is 9.59 Å². The fourth-order valence-electron chi connectivity index (χ4n) is 1.94. The minimum Gasteiger partial charge on any atom is -0.284 e. The predicted octanol–water partition coefficient (Wildman–Crippen LogP) is 4.11. The van der Waals surface area contributed by atoms with Crippen LogP contribution in [0.3, 0.4) is 0 Å². The second-order valence-electron chi connectivity index (χ2n) is 4.40. The zero-order chi connectivity index (χ0) is 13.4. The molecule has 2 rings (SSSR count). The van der Waals surface area contributed by atoms with Crippen molar-refractivity contribution in [1.82, 2.24) is 0 Å². The van der Waals surface area contributed by atoms with Crippen molar-refractivity contribution in [3.63, 3.8) is 0 Å². The first-order valence-electron chi connectivity index (χ1n) is 5.63. The Morgan fingerprint density at radius 1 is 0.778 bits per heavy atom. The highest BCUT2D eigenvalue weighted by Crippen LogP contribution is 2.26. The number of thiophene rings is 2. The predicted molar refractivity (Wildman–Crippen MR) is 76.2 cm³/mol. The molecule has 0 aliphatic carbocycles. The molecule has 0 spiro atoms. The maximum Gasteiger partial charge on any atom is 0.244 e. The van der Waals surface area contributed by atoms with Gasteiger partial charge in [-0.05, 0) is 51.0 Å². The highest BCUT2D eigenvalue weighted by Gasteiger charge is 2.24. The summed E-state index contributed by atoms with van der Waals surface area (Å²) >= 11 is 2.78. The normalized spacial score (nSPS) is 10.7. The van der Waals surface area contributed by atoms with Crippen molar-refractivity contribution in [1.29, 1.82) is 0 Å². The van der Waals surface area contributed by atoms with E-state index in [1.54, 1.807) is 0 Å². The number of aryl methyl sites for hydroxylation is 4. The molecule has 0 amide bonds. The molecule has 0 aliphatic heterocycles. The third-order valence-electron chi connectivity index (χ3n) is 2.70. The van der Waals surface area contributed by atoms with E-state index in [4.69, 9.17) is 0 Å². The topological polar surface area (TPSA) is 34.1 Å². The van der Waals surface area contributed by atoms with Crippen LogP contribution in [0.4, 0.5) is 0 Å². The zero-order valence-electron chi connectivity index (χ0n) is 10.8. The fourth-order valence-corrected chi connectivity index (χ4v) is 3.87. The fraction of sp³-hybridized carbons (Fsp3) is 0.286. The Kier molecular flexibility index (Phi) is 3.50. The Hall–Kier alpha value is -1.26. The third kappa shape index (κ3) is 2.31. The number of carbonyl (C=O) groups excluding carboxylic acids is 2. The largest absolute Gasteiger partial charge is 0.284 e. The highest BCUT2D eigenvalue weighted by atomic mass is 32.1. The summed E-state index contributed by atoms with van der Waals surface area (Å²) in [5.41, 5.74) is 1.78. The average molecular weight is 278 g/mol. The molecule has 0 N–H and O–H groups in total. The molecule has 0 aliphatic rings. The molecular weight excluding hydrogens is 264 g/mol. The Morgan fingerprint density at radius 3 is 1.33 bits per heavy atom. The Balaban J connectivity index is 2.38. The zero-order valence-corrected chi connectivity index (χ0v) is 12.4. The van der Waals surface area contributed by atoms with Gasteiger partial charge in [0.05, 0.1) is 9.75 Å². The van der Waals surface area contributed by atoms with Crippen molar-refractivity contribution in [2.45, 2.75) is 27.7 Å². The lowest BCUT2D eigenvalue weighted by Crippen LogP contribution is -2.13. The number of hydrogen-bond acceptors (Lipinski definition) is 4. The minimum atomic E-state index is -0.379. The van der Waals surface area contributed by atoms with E-state index in [0.29, 0.717) is 9.75 Å². The van der Waals surface area contributed by atoms with Gasteiger partial charge < -0.3 is 0 Å². The molecule has 2 aromatic rings.